The first-order valence-electron chi connectivity index (χ1n) is 5.81. The largest absolute Gasteiger partial charge is 0.402 e. The van der Waals surface area contributed by atoms with E-state index in [0.717, 1.165) is 12.1 Å². The fourth-order valence-electron chi connectivity index (χ4n) is 1.90. The molecule has 0 amide bonds. The summed E-state index contributed by atoms with van der Waals surface area (Å²) >= 11 is 0. The maximum Gasteiger partial charge on any atom is 0.00549 e. The Morgan fingerprint density at radius 3 is 2.35 bits per heavy atom. The first-order valence-corrected chi connectivity index (χ1v) is 5.81. The normalized spacial score (nSPS) is 11.5. The maximum atomic E-state index is 5.75. The predicted molar refractivity (Wildman–Crippen MR) is 73.5 cm³/mol. The lowest BCUT2D eigenvalue weighted by Gasteiger charge is -2.06. The zero-order valence-corrected chi connectivity index (χ0v) is 10.1. The fraction of sp³-hybridized carbons (Fsp3) is 0.125. The van der Waals surface area contributed by atoms with Gasteiger partial charge in [0.25, 0.3) is 0 Å². The Kier molecular flexibility index (Phi) is 3.61. The maximum absolute atomic E-state index is 5.75. The van der Waals surface area contributed by atoms with Crippen molar-refractivity contribution in [2.75, 3.05) is 0 Å². The summed E-state index contributed by atoms with van der Waals surface area (Å²) < 4.78 is 0. The quantitative estimate of drug-likeness (QED) is 0.845. The van der Waals surface area contributed by atoms with Gasteiger partial charge >= 0.3 is 0 Å². The Bertz CT molecular complexity index is 508. The molecule has 0 spiro atoms. The van der Waals surface area contributed by atoms with Crippen LogP contribution in [0.25, 0.3) is 6.08 Å². The molecule has 0 saturated carbocycles. The number of rotatable bonds is 3. The van der Waals surface area contributed by atoms with E-state index in [-0.39, 0.29) is 0 Å². The molecule has 0 atom stereocenters. The molecule has 0 aromatic heterocycles. The van der Waals surface area contributed by atoms with Crippen molar-refractivity contribution in [2.24, 2.45) is 5.73 Å². The highest BCUT2D eigenvalue weighted by atomic mass is 14.5. The summed E-state index contributed by atoms with van der Waals surface area (Å²) in [6, 6.07) is 18.9. The summed E-state index contributed by atoms with van der Waals surface area (Å²) in [7, 11) is 0. The van der Waals surface area contributed by atoms with Crippen molar-refractivity contribution in [3.05, 3.63) is 77.0 Å². The van der Waals surface area contributed by atoms with E-state index >= 15 is 0 Å². The van der Waals surface area contributed by atoms with Crippen LogP contribution in [0.2, 0.25) is 0 Å². The van der Waals surface area contributed by atoms with Gasteiger partial charge in [0.2, 0.25) is 0 Å². The molecule has 0 aliphatic heterocycles. The van der Waals surface area contributed by atoms with Gasteiger partial charge in [-0.25, -0.2) is 0 Å². The first kappa shape index (κ1) is 11.5. The van der Waals surface area contributed by atoms with Crippen molar-refractivity contribution in [1.82, 2.24) is 0 Å². The van der Waals surface area contributed by atoms with Gasteiger partial charge in [-0.3, -0.25) is 0 Å². The van der Waals surface area contributed by atoms with Crippen LogP contribution >= 0.6 is 0 Å². The Morgan fingerprint density at radius 1 is 1.00 bits per heavy atom. The van der Waals surface area contributed by atoms with Crippen molar-refractivity contribution in [3.8, 4) is 0 Å². The van der Waals surface area contributed by atoms with E-state index in [0.29, 0.717) is 0 Å². The van der Waals surface area contributed by atoms with Crippen LogP contribution in [0, 0.1) is 0 Å². The van der Waals surface area contributed by atoms with Gasteiger partial charge in [-0.1, -0.05) is 54.6 Å². The van der Waals surface area contributed by atoms with E-state index in [9.17, 15) is 0 Å². The SMILES string of the molecule is C/C(N)=C\c1ccccc1Cc1ccccc1. The summed E-state index contributed by atoms with van der Waals surface area (Å²) in [4.78, 5) is 0. The summed E-state index contributed by atoms with van der Waals surface area (Å²) in [6.07, 6.45) is 2.97. The van der Waals surface area contributed by atoms with Crippen LogP contribution in [-0.2, 0) is 6.42 Å². The topological polar surface area (TPSA) is 26.0 Å². The highest BCUT2D eigenvalue weighted by Crippen LogP contribution is 2.16. The van der Waals surface area contributed by atoms with Crippen LogP contribution in [0.4, 0.5) is 0 Å². The number of nitrogens with two attached hydrogens (primary N) is 1. The zero-order chi connectivity index (χ0) is 12.1. The highest BCUT2D eigenvalue weighted by molar-refractivity contribution is 5.56. The van der Waals surface area contributed by atoms with Gasteiger partial charge < -0.3 is 5.73 Å². The standard InChI is InChI=1S/C16H17N/c1-13(17)11-15-9-5-6-10-16(15)12-14-7-3-2-4-8-14/h2-11H,12,17H2,1H3/b13-11+. The lowest BCUT2D eigenvalue weighted by molar-refractivity contribution is 1.18. The molecular formula is C16H17N. The van der Waals surface area contributed by atoms with E-state index in [1.54, 1.807) is 0 Å². The molecule has 2 aromatic rings. The van der Waals surface area contributed by atoms with E-state index in [1.165, 1.54) is 16.7 Å². The third-order valence-corrected chi connectivity index (χ3v) is 2.68. The van der Waals surface area contributed by atoms with E-state index < -0.39 is 0 Å². The molecule has 0 saturated heterocycles. The van der Waals surface area contributed by atoms with Crippen molar-refractivity contribution in [2.45, 2.75) is 13.3 Å². The number of allylic oxidation sites excluding steroid dienone is 1. The summed E-state index contributed by atoms with van der Waals surface area (Å²) in [6.45, 7) is 1.92. The molecule has 2 N–H and O–H groups in total. The van der Waals surface area contributed by atoms with E-state index in [1.807, 2.05) is 25.1 Å². The van der Waals surface area contributed by atoms with Gasteiger partial charge in [-0.2, -0.15) is 0 Å². The minimum atomic E-state index is 0.838. The average Bonchev–Trinajstić information content (AvgIpc) is 2.32. The summed E-state index contributed by atoms with van der Waals surface area (Å²) in [5.74, 6) is 0. The minimum Gasteiger partial charge on any atom is -0.402 e. The van der Waals surface area contributed by atoms with Gasteiger partial charge in [0, 0.05) is 5.70 Å². The highest BCUT2D eigenvalue weighted by Gasteiger charge is 2.00. The fourth-order valence-corrected chi connectivity index (χ4v) is 1.90. The second-order valence-corrected chi connectivity index (χ2v) is 4.25. The van der Waals surface area contributed by atoms with Gasteiger partial charge in [-0.15, -0.1) is 0 Å². The molecule has 0 fully saturated rings. The molecule has 86 valence electrons. The third kappa shape index (κ3) is 3.22. The molecule has 17 heavy (non-hydrogen) atoms. The number of hydrogen-bond acceptors (Lipinski definition) is 1. The van der Waals surface area contributed by atoms with Crippen molar-refractivity contribution < 1.29 is 0 Å². The molecule has 1 heteroatoms. The van der Waals surface area contributed by atoms with Crippen molar-refractivity contribution in [3.63, 3.8) is 0 Å². The molecular weight excluding hydrogens is 206 g/mol. The van der Waals surface area contributed by atoms with Crippen LogP contribution in [-0.4, -0.2) is 0 Å². The van der Waals surface area contributed by atoms with Crippen molar-refractivity contribution >= 4 is 6.08 Å². The Balaban J connectivity index is 2.30. The van der Waals surface area contributed by atoms with Gasteiger partial charge in [0.15, 0.2) is 0 Å². The van der Waals surface area contributed by atoms with E-state index in [4.69, 9.17) is 5.73 Å². The monoisotopic (exact) mass is 223 g/mol. The second kappa shape index (κ2) is 5.35. The molecule has 1 nitrogen and oxygen atoms in total. The minimum absolute atomic E-state index is 0.838. The summed E-state index contributed by atoms with van der Waals surface area (Å²) in [5.41, 5.74) is 10.4. The molecule has 0 heterocycles. The average molecular weight is 223 g/mol. The lowest BCUT2D eigenvalue weighted by Crippen LogP contribution is -1.94. The van der Waals surface area contributed by atoms with Gasteiger partial charge in [-0.05, 0) is 36.1 Å². The molecule has 0 bridgehead atoms. The molecule has 2 rings (SSSR count). The van der Waals surface area contributed by atoms with Crippen LogP contribution in [0.3, 0.4) is 0 Å². The molecule has 2 aromatic carbocycles. The van der Waals surface area contributed by atoms with Gasteiger partial charge in [0.1, 0.15) is 0 Å². The first-order chi connectivity index (χ1) is 8.25. The molecule has 0 aliphatic carbocycles. The number of hydrogen-bond donors (Lipinski definition) is 1. The number of benzene rings is 2. The van der Waals surface area contributed by atoms with Crippen molar-refractivity contribution in [1.29, 1.82) is 0 Å². The Labute approximate surface area is 103 Å². The Morgan fingerprint density at radius 2 is 1.65 bits per heavy atom. The molecule has 0 radical (unpaired) electrons. The Hall–Kier alpha value is -2.02. The van der Waals surface area contributed by atoms with Crippen LogP contribution in [0.5, 0.6) is 0 Å². The molecule has 0 aliphatic rings. The van der Waals surface area contributed by atoms with Crippen LogP contribution in [0.15, 0.2) is 60.3 Å². The van der Waals surface area contributed by atoms with Crippen LogP contribution < -0.4 is 5.73 Å². The second-order valence-electron chi connectivity index (χ2n) is 4.25. The smallest absolute Gasteiger partial charge is 0.00549 e. The van der Waals surface area contributed by atoms with Gasteiger partial charge in [0.05, 0.1) is 0 Å². The zero-order valence-electron chi connectivity index (χ0n) is 10.1. The molecule has 0 unspecified atom stereocenters. The van der Waals surface area contributed by atoms with Crippen LogP contribution in [0.1, 0.15) is 23.6 Å². The lowest BCUT2D eigenvalue weighted by atomic mass is 9.99. The summed E-state index contributed by atoms with van der Waals surface area (Å²) in [5, 5.41) is 0. The van der Waals surface area contributed by atoms with E-state index in [2.05, 4.69) is 42.5 Å². The predicted octanol–water partition coefficient (Wildman–Crippen LogP) is 3.60. The third-order valence-electron chi connectivity index (χ3n) is 2.68.